The summed E-state index contributed by atoms with van der Waals surface area (Å²) in [5.41, 5.74) is 1.68. The van der Waals surface area contributed by atoms with E-state index in [1.807, 2.05) is 25.1 Å². The first-order valence-corrected chi connectivity index (χ1v) is 9.79. The molecule has 150 valence electrons. The van der Waals surface area contributed by atoms with E-state index >= 15 is 0 Å². The van der Waals surface area contributed by atoms with Crippen molar-refractivity contribution in [2.45, 2.75) is 17.6 Å². The summed E-state index contributed by atoms with van der Waals surface area (Å²) in [6.07, 6.45) is 0. The fourth-order valence-electron chi connectivity index (χ4n) is 2.54. The van der Waals surface area contributed by atoms with Crippen molar-refractivity contribution in [1.82, 2.24) is 5.16 Å². The van der Waals surface area contributed by atoms with Gasteiger partial charge in [-0.2, -0.15) is 0 Å². The SMILES string of the molecule is COc1ccccc1NC(=O)COC(=O)c1ccccc1SCc1cc(C)on1. The first-order valence-electron chi connectivity index (χ1n) is 8.81. The maximum absolute atomic E-state index is 12.5. The molecule has 0 aliphatic rings. The van der Waals surface area contributed by atoms with E-state index in [0.29, 0.717) is 22.8 Å². The Bertz CT molecular complexity index is 1000. The molecule has 1 N–H and O–H groups in total. The van der Waals surface area contributed by atoms with Gasteiger partial charge in [-0.15, -0.1) is 11.8 Å². The number of anilines is 1. The van der Waals surface area contributed by atoms with Crippen LogP contribution in [0.5, 0.6) is 5.75 Å². The molecule has 0 atom stereocenters. The zero-order valence-corrected chi connectivity index (χ0v) is 16.8. The zero-order chi connectivity index (χ0) is 20.6. The second-order valence-electron chi connectivity index (χ2n) is 6.04. The number of thioether (sulfide) groups is 1. The Hall–Kier alpha value is -3.26. The molecule has 0 saturated carbocycles. The predicted molar refractivity (Wildman–Crippen MR) is 109 cm³/mol. The molecule has 3 rings (SSSR count). The lowest BCUT2D eigenvalue weighted by atomic mass is 10.2. The fraction of sp³-hybridized carbons (Fsp3) is 0.190. The van der Waals surface area contributed by atoms with Crippen molar-refractivity contribution in [3.05, 3.63) is 71.6 Å². The number of hydrogen-bond donors (Lipinski definition) is 1. The van der Waals surface area contributed by atoms with Crippen molar-refractivity contribution in [2.75, 3.05) is 19.0 Å². The number of amides is 1. The minimum absolute atomic E-state index is 0.391. The second kappa shape index (κ2) is 9.79. The molecule has 3 aromatic rings. The number of aryl methyl sites for hydroxylation is 1. The summed E-state index contributed by atoms with van der Waals surface area (Å²) >= 11 is 1.44. The molecule has 0 aliphatic carbocycles. The molecule has 1 aromatic heterocycles. The molecule has 0 saturated heterocycles. The van der Waals surface area contributed by atoms with Crippen molar-refractivity contribution >= 4 is 29.3 Å². The van der Waals surface area contributed by atoms with E-state index in [2.05, 4.69) is 10.5 Å². The largest absolute Gasteiger partial charge is 0.495 e. The first-order chi connectivity index (χ1) is 14.1. The summed E-state index contributed by atoms with van der Waals surface area (Å²) in [5, 5.41) is 6.61. The van der Waals surface area contributed by atoms with Crippen LogP contribution in [0.15, 0.2) is 64.0 Å². The van der Waals surface area contributed by atoms with Gasteiger partial charge in [-0.05, 0) is 31.2 Å². The lowest BCUT2D eigenvalue weighted by Gasteiger charge is -2.11. The Labute approximate surface area is 172 Å². The third-order valence-electron chi connectivity index (χ3n) is 3.87. The normalized spacial score (nSPS) is 10.4. The van der Waals surface area contributed by atoms with Crippen molar-refractivity contribution in [3.63, 3.8) is 0 Å². The quantitative estimate of drug-likeness (QED) is 0.440. The number of methoxy groups -OCH3 is 1. The Morgan fingerprint density at radius 1 is 1.14 bits per heavy atom. The fourth-order valence-corrected chi connectivity index (χ4v) is 3.46. The summed E-state index contributed by atoms with van der Waals surface area (Å²) in [6, 6.07) is 15.9. The van der Waals surface area contributed by atoms with Gasteiger partial charge in [0.2, 0.25) is 0 Å². The molecular weight excluding hydrogens is 392 g/mol. The highest BCUT2D eigenvalue weighted by Crippen LogP contribution is 2.27. The molecule has 2 aromatic carbocycles. The average molecular weight is 412 g/mol. The van der Waals surface area contributed by atoms with Crippen molar-refractivity contribution < 1.29 is 23.6 Å². The van der Waals surface area contributed by atoms with Crippen LogP contribution >= 0.6 is 11.8 Å². The maximum atomic E-state index is 12.5. The number of carbonyl (C=O) groups excluding carboxylic acids is 2. The maximum Gasteiger partial charge on any atom is 0.339 e. The van der Waals surface area contributed by atoms with Crippen molar-refractivity contribution in [1.29, 1.82) is 0 Å². The predicted octanol–water partition coefficient (Wildman–Crippen LogP) is 4.08. The number of hydrogen-bond acceptors (Lipinski definition) is 7. The molecule has 29 heavy (non-hydrogen) atoms. The van der Waals surface area contributed by atoms with Gasteiger partial charge in [-0.25, -0.2) is 4.79 Å². The minimum atomic E-state index is -0.570. The number of para-hydroxylation sites is 2. The molecule has 8 heteroatoms. The van der Waals surface area contributed by atoms with Crippen LogP contribution in [0.25, 0.3) is 0 Å². The van der Waals surface area contributed by atoms with Gasteiger partial charge in [-0.1, -0.05) is 29.4 Å². The van der Waals surface area contributed by atoms with E-state index < -0.39 is 18.5 Å². The van der Waals surface area contributed by atoms with Crippen LogP contribution < -0.4 is 10.1 Å². The summed E-state index contributed by atoms with van der Waals surface area (Å²) in [6.45, 7) is 1.42. The Balaban J connectivity index is 1.58. The van der Waals surface area contributed by atoms with E-state index in [9.17, 15) is 9.59 Å². The van der Waals surface area contributed by atoms with Gasteiger partial charge in [0.05, 0.1) is 24.1 Å². The topological polar surface area (TPSA) is 90.7 Å². The van der Waals surface area contributed by atoms with Gasteiger partial charge in [0.15, 0.2) is 6.61 Å². The Morgan fingerprint density at radius 2 is 1.90 bits per heavy atom. The molecule has 0 aliphatic heterocycles. The zero-order valence-electron chi connectivity index (χ0n) is 16.0. The third-order valence-corrected chi connectivity index (χ3v) is 4.98. The van der Waals surface area contributed by atoms with Crippen LogP contribution in [-0.2, 0) is 15.3 Å². The number of ether oxygens (including phenoxy) is 2. The van der Waals surface area contributed by atoms with Crippen molar-refractivity contribution in [2.24, 2.45) is 0 Å². The highest BCUT2D eigenvalue weighted by molar-refractivity contribution is 7.98. The number of carbonyl (C=O) groups is 2. The summed E-state index contributed by atoms with van der Waals surface area (Å²) in [4.78, 5) is 25.4. The lowest BCUT2D eigenvalue weighted by Crippen LogP contribution is -2.21. The highest BCUT2D eigenvalue weighted by Gasteiger charge is 2.16. The average Bonchev–Trinajstić information content (AvgIpc) is 3.16. The number of benzene rings is 2. The number of rotatable bonds is 8. The number of nitrogens with one attached hydrogen (secondary N) is 1. The molecule has 0 unspecified atom stereocenters. The number of aromatic nitrogens is 1. The van der Waals surface area contributed by atoms with Crippen LogP contribution in [0.4, 0.5) is 5.69 Å². The van der Waals surface area contributed by atoms with E-state index in [1.54, 1.807) is 36.4 Å². The summed E-state index contributed by atoms with van der Waals surface area (Å²) in [7, 11) is 1.51. The van der Waals surface area contributed by atoms with E-state index in [1.165, 1.54) is 18.9 Å². The third kappa shape index (κ3) is 5.61. The molecule has 1 amide bonds. The van der Waals surface area contributed by atoms with Crippen LogP contribution in [0.3, 0.4) is 0 Å². The van der Waals surface area contributed by atoms with Gasteiger partial charge in [0.25, 0.3) is 5.91 Å². The van der Waals surface area contributed by atoms with Crippen LogP contribution in [-0.4, -0.2) is 30.7 Å². The molecule has 0 radical (unpaired) electrons. The molecule has 0 fully saturated rings. The van der Waals surface area contributed by atoms with Gasteiger partial charge in [0, 0.05) is 16.7 Å². The monoisotopic (exact) mass is 412 g/mol. The highest BCUT2D eigenvalue weighted by atomic mass is 32.2. The van der Waals surface area contributed by atoms with Crippen LogP contribution in [0.1, 0.15) is 21.8 Å². The molecule has 1 heterocycles. The summed E-state index contributed by atoms with van der Waals surface area (Å²) < 4.78 is 15.4. The number of nitrogens with zero attached hydrogens (tertiary/aromatic N) is 1. The van der Waals surface area contributed by atoms with E-state index in [0.717, 1.165) is 16.3 Å². The number of esters is 1. The lowest BCUT2D eigenvalue weighted by molar-refractivity contribution is -0.119. The van der Waals surface area contributed by atoms with E-state index in [-0.39, 0.29) is 0 Å². The van der Waals surface area contributed by atoms with Gasteiger partial charge in [0.1, 0.15) is 11.5 Å². The molecule has 0 spiro atoms. The van der Waals surface area contributed by atoms with Crippen molar-refractivity contribution in [3.8, 4) is 5.75 Å². The van der Waals surface area contributed by atoms with Crippen LogP contribution in [0.2, 0.25) is 0 Å². The minimum Gasteiger partial charge on any atom is -0.495 e. The summed E-state index contributed by atoms with van der Waals surface area (Å²) in [5.74, 6) is 0.785. The van der Waals surface area contributed by atoms with Gasteiger partial charge in [-0.3, -0.25) is 4.79 Å². The van der Waals surface area contributed by atoms with Gasteiger partial charge >= 0.3 is 5.97 Å². The molecular formula is C21H20N2O5S. The van der Waals surface area contributed by atoms with Crippen LogP contribution in [0, 0.1) is 6.92 Å². The first kappa shape index (κ1) is 20.5. The van der Waals surface area contributed by atoms with Gasteiger partial charge < -0.3 is 19.3 Å². The second-order valence-corrected chi connectivity index (χ2v) is 7.06. The Morgan fingerprint density at radius 3 is 2.66 bits per heavy atom. The Kier molecular flexibility index (Phi) is 6.91. The standard InChI is InChI=1S/C21H20N2O5S/c1-14-11-15(23-28-14)13-29-19-10-6-3-7-16(19)21(25)27-12-20(24)22-17-8-4-5-9-18(17)26-2/h3-11H,12-13H2,1-2H3,(H,22,24). The van der Waals surface area contributed by atoms with E-state index in [4.69, 9.17) is 14.0 Å². The smallest absolute Gasteiger partial charge is 0.339 e. The molecule has 0 bridgehead atoms. The molecule has 7 nitrogen and oxygen atoms in total.